The lowest BCUT2D eigenvalue weighted by Gasteiger charge is -2.19. The van der Waals surface area contributed by atoms with Crippen molar-refractivity contribution in [2.75, 3.05) is 5.73 Å². The van der Waals surface area contributed by atoms with Crippen LogP contribution in [0.4, 0.5) is 5.00 Å². The lowest BCUT2D eigenvalue weighted by Crippen LogP contribution is -2.24. The number of thiophene rings is 1. The van der Waals surface area contributed by atoms with Crippen LogP contribution in [0.5, 0.6) is 0 Å². The van der Waals surface area contributed by atoms with Crippen LogP contribution in [0.1, 0.15) is 31.1 Å². The molecule has 18 heavy (non-hydrogen) atoms. The standard InChI is InChI=1S/C12H14N2O2S2/c1-12(2,3)16-11(15)9-7(5-17-10(9)13)8-4-14-6-18-8/h4-6H,13H2,1-3H3. The molecule has 2 rings (SSSR count). The van der Waals surface area contributed by atoms with E-state index in [-0.39, 0.29) is 5.97 Å². The van der Waals surface area contributed by atoms with Gasteiger partial charge < -0.3 is 10.5 Å². The van der Waals surface area contributed by atoms with E-state index in [2.05, 4.69) is 4.98 Å². The van der Waals surface area contributed by atoms with E-state index in [0.717, 1.165) is 10.4 Å². The van der Waals surface area contributed by atoms with Gasteiger partial charge in [0.1, 0.15) is 16.2 Å². The quantitative estimate of drug-likeness (QED) is 0.857. The first-order valence-corrected chi connectivity index (χ1v) is 7.13. The summed E-state index contributed by atoms with van der Waals surface area (Å²) in [6.07, 6.45) is 1.72. The summed E-state index contributed by atoms with van der Waals surface area (Å²) in [6.45, 7) is 5.50. The molecule has 6 heteroatoms. The molecule has 0 radical (unpaired) electrons. The lowest BCUT2D eigenvalue weighted by molar-refractivity contribution is 0.00722. The molecule has 0 bridgehead atoms. The van der Waals surface area contributed by atoms with Crippen molar-refractivity contribution in [1.29, 1.82) is 0 Å². The molecule has 0 aromatic carbocycles. The average Bonchev–Trinajstić information content (AvgIpc) is 2.82. The van der Waals surface area contributed by atoms with Crippen LogP contribution in [-0.4, -0.2) is 16.6 Å². The van der Waals surface area contributed by atoms with Crippen LogP contribution in [0.25, 0.3) is 10.4 Å². The third-order valence-electron chi connectivity index (χ3n) is 2.12. The predicted octanol–water partition coefficient (Wildman–Crippen LogP) is 3.41. The third kappa shape index (κ3) is 2.70. The first-order valence-electron chi connectivity index (χ1n) is 5.37. The van der Waals surface area contributed by atoms with Gasteiger partial charge in [0, 0.05) is 17.1 Å². The van der Waals surface area contributed by atoms with Gasteiger partial charge in [0.2, 0.25) is 0 Å². The highest BCUT2D eigenvalue weighted by molar-refractivity contribution is 7.16. The average molecular weight is 282 g/mol. The molecule has 2 aromatic heterocycles. The van der Waals surface area contributed by atoms with E-state index in [9.17, 15) is 4.79 Å². The lowest BCUT2D eigenvalue weighted by atomic mass is 10.1. The Morgan fingerprint density at radius 3 is 2.67 bits per heavy atom. The molecule has 0 unspecified atom stereocenters. The number of esters is 1. The van der Waals surface area contributed by atoms with Gasteiger partial charge in [-0.3, -0.25) is 4.98 Å². The Kier molecular flexibility index (Phi) is 3.41. The Morgan fingerprint density at radius 2 is 2.11 bits per heavy atom. The van der Waals surface area contributed by atoms with E-state index in [0.29, 0.717) is 10.6 Å². The molecular formula is C12H14N2O2S2. The summed E-state index contributed by atoms with van der Waals surface area (Å²) in [7, 11) is 0. The second-order valence-electron chi connectivity index (χ2n) is 4.76. The molecule has 0 fully saturated rings. The van der Waals surface area contributed by atoms with Crippen LogP contribution < -0.4 is 5.73 Å². The second-order valence-corrected chi connectivity index (χ2v) is 6.55. The van der Waals surface area contributed by atoms with Gasteiger partial charge in [-0.05, 0) is 20.8 Å². The van der Waals surface area contributed by atoms with E-state index in [1.54, 1.807) is 11.7 Å². The summed E-state index contributed by atoms with van der Waals surface area (Å²) in [6, 6.07) is 0. The van der Waals surface area contributed by atoms with Gasteiger partial charge in [-0.25, -0.2) is 4.79 Å². The number of nitrogens with two attached hydrogens (primary N) is 1. The number of thiazole rings is 1. The molecule has 2 N–H and O–H groups in total. The SMILES string of the molecule is CC(C)(C)OC(=O)c1c(-c2cncs2)csc1N. The van der Waals surface area contributed by atoms with Crippen molar-refractivity contribution in [3.63, 3.8) is 0 Å². The molecule has 0 aliphatic heterocycles. The predicted molar refractivity (Wildman–Crippen MR) is 75.0 cm³/mol. The van der Waals surface area contributed by atoms with Crippen molar-refractivity contribution in [3.05, 3.63) is 22.7 Å². The first-order chi connectivity index (χ1) is 8.38. The summed E-state index contributed by atoms with van der Waals surface area (Å²) in [5, 5.41) is 2.34. The summed E-state index contributed by atoms with van der Waals surface area (Å²) in [5.74, 6) is -0.385. The van der Waals surface area contributed by atoms with Gasteiger partial charge in [-0.1, -0.05) is 0 Å². The number of anilines is 1. The smallest absolute Gasteiger partial charge is 0.342 e. The zero-order valence-corrected chi connectivity index (χ0v) is 12.0. The fourth-order valence-electron chi connectivity index (χ4n) is 1.44. The Hall–Kier alpha value is -1.40. The van der Waals surface area contributed by atoms with Gasteiger partial charge in [0.25, 0.3) is 0 Å². The molecule has 0 aliphatic rings. The monoisotopic (exact) mass is 282 g/mol. The summed E-state index contributed by atoms with van der Waals surface area (Å²) < 4.78 is 5.37. The van der Waals surface area contributed by atoms with Crippen LogP contribution in [0.15, 0.2) is 17.1 Å². The van der Waals surface area contributed by atoms with Gasteiger partial charge in [-0.2, -0.15) is 0 Å². The Bertz CT molecular complexity index is 553. The van der Waals surface area contributed by atoms with Gasteiger partial charge in [-0.15, -0.1) is 22.7 Å². The van der Waals surface area contributed by atoms with E-state index in [4.69, 9.17) is 10.5 Å². The maximum Gasteiger partial charge on any atom is 0.342 e. The molecular weight excluding hydrogens is 268 g/mol. The van der Waals surface area contributed by atoms with Crippen LogP contribution in [0, 0.1) is 0 Å². The number of carbonyl (C=O) groups excluding carboxylic acids is 1. The minimum atomic E-state index is -0.531. The fraction of sp³-hybridized carbons (Fsp3) is 0.333. The Morgan fingerprint density at radius 1 is 1.39 bits per heavy atom. The largest absolute Gasteiger partial charge is 0.456 e. The third-order valence-corrected chi connectivity index (χ3v) is 3.74. The van der Waals surface area contributed by atoms with Gasteiger partial charge >= 0.3 is 5.97 Å². The zero-order chi connectivity index (χ0) is 13.3. The highest BCUT2D eigenvalue weighted by Gasteiger charge is 2.25. The van der Waals surface area contributed by atoms with Crippen LogP contribution in [0.2, 0.25) is 0 Å². The van der Waals surface area contributed by atoms with Crippen molar-refractivity contribution in [3.8, 4) is 10.4 Å². The molecule has 4 nitrogen and oxygen atoms in total. The summed E-state index contributed by atoms with van der Waals surface area (Å²) >= 11 is 2.81. The maximum atomic E-state index is 12.1. The first kappa shape index (κ1) is 13.0. The molecule has 0 saturated heterocycles. The highest BCUT2D eigenvalue weighted by atomic mass is 32.1. The van der Waals surface area contributed by atoms with Crippen molar-refractivity contribution < 1.29 is 9.53 Å². The molecule has 2 heterocycles. The minimum absolute atomic E-state index is 0.385. The number of carbonyl (C=O) groups is 1. The second kappa shape index (κ2) is 4.70. The molecule has 0 amide bonds. The number of hydrogen-bond acceptors (Lipinski definition) is 6. The topological polar surface area (TPSA) is 65.2 Å². The van der Waals surface area contributed by atoms with E-state index >= 15 is 0 Å². The fourth-order valence-corrected chi connectivity index (χ4v) is 2.96. The van der Waals surface area contributed by atoms with Gasteiger partial charge in [0.15, 0.2) is 0 Å². The highest BCUT2D eigenvalue weighted by Crippen LogP contribution is 2.36. The number of hydrogen-bond donors (Lipinski definition) is 1. The molecule has 0 spiro atoms. The van der Waals surface area contributed by atoms with E-state index in [1.165, 1.54) is 22.7 Å². The molecule has 96 valence electrons. The van der Waals surface area contributed by atoms with Crippen LogP contribution >= 0.6 is 22.7 Å². The number of nitrogen functional groups attached to an aromatic ring is 1. The van der Waals surface area contributed by atoms with Crippen LogP contribution in [0.3, 0.4) is 0 Å². The zero-order valence-electron chi connectivity index (χ0n) is 10.4. The number of aromatic nitrogens is 1. The number of nitrogens with zero attached hydrogens (tertiary/aromatic N) is 1. The van der Waals surface area contributed by atoms with Crippen LogP contribution in [-0.2, 0) is 4.74 Å². The normalized spacial score (nSPS) is 11.5. The van der Waals surface area contributed by atoms with Crippen molar-refractivity contribution in [2.45, 2.75) is 26.4 Å². The van der Waals surface area contributed by atoms with E-state index < -0.39 is 5.60 Å². The summed E-state index contributed by atoms with van der Waals surface area (Å²) in [4.78, 5) is 17.1. The van der Waals surface area contributed by atoms with Crippen molar-refractivity contribution >= 4 is 33.6 Å². The Balaban J connectivity index is 2.39. The molecule has 0 aliphatic carbocycles. The maximum absolute atomic E-state index is 12.1. The van der Waals surface area contributed by atoms with Crippen molar-refractivity contribution in [1.82, 2.24) is 4.98 Å². The van der Waals surface area contributed by atoms with Crippen molar-refractivity contribution in [2.24, 2.45) is 0 Å². The van der Waals surface area contributed by atoms with E-state index in [1.807, 2.05) is 26.2 Å². The number of rotatable bonds is 2. The number of ether oxygens (including phenoxy) is 1. The molecule has 0 saturated carbocycles. The Labute approximate surface area is 113 Å². The van der Waals surface area contributed by atoms with Gasteiger partial charge in [0.05, 0.1) is 10.4 Å². The molecule has 0 atom stereocenters. The minimum Gasteiger partial charge on any atom is -0.456 e. The molecule has 2 aromatic rings. The summed E-state index contributed by atoms with van der Waals surface area (Å²) in [5.41, 5.74) is 8.31.